The average Bonchev–Trinajstić information content (AvgIpc) is 3.51. The third kappa shape index (κ3) is 6.10. The van der Waals surface area contributed by atoms with Crippen molar-refractivity contribution < 1.29 is 19.1 Å². The first-order valence-corrected chi connectivity index (χ1v) is 14.3. The molecule has 2 heterocycles. The maximum absolute atomic E-state index is 13.7. The molecule has 1 aliphatic carbocycles. The fraction of sp³-hybridized carbons (Fsp3) is 0.429. The van der Waals surface area contributed by atoms with Crippen molar-refractivity contribution in [3.63, 3.8) is 0 Å². The topological polar surface area (TPSA) is 88.6 Å². The first-order valence-electron chi connectivity index (χ1n) is 12.6. The predicted octanol–water partition coefficient (Wildman–Crippen LogP) is 6.79. The van der Waals surface area contributed by atoms with Crippen molar-refractivity contribution in [3.05, 3.63) is 51.3 Å². The molecule has 9 heteroatoms. The van der Waals surface area contributed by atoms with Crippen LogP contribution < -0.4 is 10.2 Å². The number of anilines is 2. The molecule has 7 nitrogen and oxygen atoms in total. The van der Waals surface area contributed by atoms with Crippen LogP contribution in [-0.4, -0.2) is 35.9 Å². The summed E-state index contributed by atoms with van der Waals surface area (Å²) in [6.45, 7) is 8.04. The molecule has 4 rings (SSSR count). The molecule has 196 valence electrons. The van der Waals surface area contributed by atoms with E-state index in [1.807, 2.05) is 51.1 Å². The molecule has 1 aromatic carbocycles. The van der Waals surface area contributed by atoms with E-state index in [9.17, 15) is 14.4 Å². The zero-order chi connectivity index (χ0) is 26.7. The second kappa shape index (κ2) is 11.6. The number of nitrogens with one attached hydrogen (secondary N) is 1. The number of hydrogen-bond donors (Lipinski definition) is 1. The SMILES string of the molecule is COC(=O)c1sc(-c2ccc(NC(=O)c3csc(C)n3)cc2)cc1N(C(=O)[C@H]1CC[C@H](C)CC1)C(C)C. The van der Waals surface area contributed by atoms with Crippen molar-refractivity contribution in [2.24, 2.45) is 11.8 Å². The predicted molar refractivity (Wildman–Crippen MR) is 150 cm³/mol. The monoisotopic (exact) mass is 539 g/mol. The van der Waals surface area contributed by atoms with Gasteiger partial charge in [-0.05, 0) is 76.1 Å². The molecule has 37 heavy (non-hydrogen) atoms. The van der Waals surface area contributed by atoms with Crippen LogP contribution in [0.5, 0.6) is 0 Å². The highest BCUT2D eigenvalue weighted by molar-refractivity contribution is 7.18. The van der Waals surface area contributed by atoms with Gasteiger partial charge >= 0.3 is 5.97 Å². The Morgan fingerprint density at radius 2 is 1.78 bits per heavy atom. The van der Waals surface area contributed by atoms with Crippen molar-refractivity contribution in [2.75, 3.05) is 17.3 Å². The standard InChI is InChI=1S/C28H33N3O4S2/c1-16(2)31(27(33)20-8-6-17(3)7-9-20)23-14-24(37-25(23)28(34)35-5)19-10-12-21(13-11-19)30-26(32)22-15-36-18(4)29-22/h10-17,20H,6-9H2,1-5H3,(H,30,32)/t17-,20-. The summed E-state index contributed by atoms with van der Waals surface area (Å²) in [4.78, 5) is 46.1. The smallest absolute Gasteiger partial charge is 0.350 e. The first kappa shape index (κ1) is 27.0. The van der Waals surface area contributed by atoms with E-state index < -0.39 is 5.97 Å². The van der Waals surface area contributed by atoms with Gasteiger partial charge in [0.25, 0.3) is 5.91 Å². The minimum atomic E-state index is -0.454. The number of thiazole rings is 1. The van der Waals surface area contributed by atoms with Crippen LogP contribution in [-0.2, 0) is 9.53 Å². The number of amides is 2. The maximum atomic E-state index is 13.7. The molecule has 0 saturated heterocycles. The first-order chi connectivity index (χ1) is 17.7. The summed E-state index contributed by atoms with van der Waals surface area (Å²) in [5.41, 5.74) is 2.52. The largest absolute Gasteiger partial charge is 0.465 e. The van der Waals surface area contributed by atoms with Crippen LogP contribution in [0.15, 0.2) is 35.7 Å². The van der Waals surface area contributed by atoms with E-state index in [0.29, 0.717) is 27.9 Å². The molecule has 0 bridgehead atoms. The van der Waals surface area contributed by atoms with Gasteiger partial charge < -0.3 is 15.0 Å². The maximum Gasteiger partial charge on any atom is 0.350 e. The molecule has 3 aromatic rings. The summed E-state index contributed by atoms with van der Waals surface area (Å²) in [5, 5.41) is 5.43. The number of carbonyl (C=O) groups is 3. The molecule has 2 amide bonds. The summed E-state index contributed by atoms with van der Waals surface area (Å²) in [7, 11) is 1.36. The molecule has 2 aromatic heterocycles. The lowest BCUT2D eigenvalue weighted by molar-refractivity contribution is -0.123. The lowest BCUT2D eigenvalue weighted by Gasteiger charge is -2.33. The van der Waals surface area contributed by atoms with Crippen LogP contribution in [0.1, 0.15) is 71.6 Å². The second-order valence-corrected chi connectivity index (χ2v) is 12.0. The summed E-state index contributed by atoms with van der Waals surface area (Å²) >= 11 is 2.74. The number of thiophene rings is 1. The Labute approximate surface area is 225 Å². The number of benzene rings is 1. The quantitative estimate of drug-likeness (QED) is 0.334. The van der Waals surface area contributed by atoms with Crippen molar-refractivity contribution in [1.29, 1.82) is 0 Å². The van der Waals surface area contributed by atoms with Gasteiger partial charge in [-0.15, -0.1) is 22.7 Å². The lowest BCUT2D eigenvalue weighted by Crippen LogP contribution is -2.42. The van der Waals surface area contributed by atoms with E-state index >= 15 is 0 Å². The number of methoxy groups -OCH3 is 1. The number of aryl methyl sites for hydroxylation is 1. The van der Waals surface area contributed by atoms with Crippen LogP contribution in [0.4, 0.5) is 11.4 Å². The Morgan fingerprint density at radius 1 is 1.11 bits per heavy atom. The molecule has 0 radical (unpaired) electrons. The van der Waals surface area contributed by atoms with Gasteiger partial charge in [0, 0.05) is 27.9 Å². The highest BCUT2D eigenvalue weighted by Gasteiger charge is 2.33. The van der Waals surface area contributed by atoms with Gasteiger partial charge in [0.2, 0.25) is 5.91 Å². The number of hydrogen-bond acceptors (Lipinski definition) is 7. The molecule has 1 saturated carbocycles. The van der Waals surface area contributed by atoms with E-state index in [1.54, 1.807) is 10.3 Å². The number of carbonyl (C=O) groups excluding carboxylic acids is 3. The molecule has 1 aliphatic rings. The van der Waals surface area contributed by atoms with Crippen molar-refractivity contribution in [2.45, 2.75) is 59.4 Å². The summed E-state index contributed by atoms with van der Waals surface area (Å²) in [5.74, 6) is -0.0204. The minimum Gasteiger partial charge on any atom is -0.465 e. The number of nitrogens with zero attached hydrogens (tertiary/aromatic N) is 2. The fourth-order valence-corrected chi connectivity index (χ4v) is 6.34. The van der Waals surface area contributed by atoms with E-state index in [2.05, 4.69) is 17.2 Å². The fourth-order valence-electron chi connectivity index (χ4n) is 4.68. The van der Waals surface area contributed by atoms with Gasteiger partial charge in [-0.25, -0.2) is 9.78 Å². The van der Waals surface area contributed by atoms with E-state index in [1.165, 1.54) is 29.8 Å². The molecule has 1 fully saturated rings. The molecule has 0 atom stereocenters. The third-order valence-electron chi connectivity index (χ3n) is 6.74. The van der Waals surface area contributed by atoms with Gasteiger partial charge in [0.1, 0.15) is 10.6 Å². The Bertz CT molecular complexity index is 1270. The molecular weight excluding hydrogens is 506 g/mol. The summed E-state index contributed by atoms with van der Waals surface area (Å²) in [6.07, 6.45) is 3.85. The molecule has 0 aliphatic heterocycles. The summed E-state index contributed by atoms with van der Waals surface area (Å²) in [6, 6.07) is 9.22. The molecule has 0 spiro atoms. The second-order valence-electron chi connectivity index (χ2n) is 9.86. The van der Waals surface area contributed by atoms with Gasteiger partial charge in [-0.1, -0.05) is 19.1 Å². The lowest BCUT2D eigenvalue weighted by atomic mass is 9.82. The van der Waals surface area contributed by atoms with Gasteiger partial charge in [-0.3, -0.25) is 9.59 Å². The Balaban J connectivity index is 1.60. The van der Waals surface area contributed by atoms with E-state index in [0.717, 1.165) is 41.1 Å². The molecular formula is C28H33N3O4S2. The molecule has 1 N–H and O–H groups in total. The molecule has 0 unspecified atom stereocenters. The van der Waals surface area contributed by atoms with Crippen LogP contribution >= 0.6 is 22.7 Å². The zero-order valence-corrected chi connectivity index (χ0v) is 23.5. The zero-order valence-electron chi connectivity index (χ0n) is 21.9. The van der Waals surface area contributed by atoms with Crippen LogP contribution in [0, 0.1) is 18.8 Å². The van der Waals surface area contributed by atoms with Gasteiger partial charge in [0.05, 0.1) is 17.8 Å². The van der Waals surface area contributed by atoms with Crippen LogP contribution in [0.2, 0.25) is 0 Å². The van der Waals surface area contributed by atoms with Crippen molar-refractivity contribution >= 4 is 51.8 Å². The summed E-state index contributed by atoms with van der Waals surface area (Å²) < 4.78 is 5.08. The van der Waals surface area contributed by atoms with Gasteiger partial charge in [0.15, 0.2) is 0 Å². The minimum absolute atomic E-state index is 0.0307. The highest BCUT2D eigenvalue weighted by atomic mass is 32.1. The Morgan fingerprint density at radius 3 is 2.35 bits per heavy atom. The van der Waals surface area contributed by atoms with E-state index in [4.69, 9.17) is 4.74 Å². The normalized spacial score (nSPS) is 17.5. The van der Waals surface area contributed by atoms with Crippen LogP contribution in [0.3, 0.4) is 0 Å². The number of aromatic nitrogens is 1. The number of ether oxygens (including phenoxy) is 1. The number of esters is 1. The third-order valence-corrected chi connectivity index (χ3v) is 8.67. The number of rotatable bonds is 7. The van der Waals surface area contributed by atoms with Crippen LogP contribution in [0.25, 0.3) is 10.4 Å². The van der Waals surface area contributed by atoms with Crippen molar-refractivity contribution in [1.82, 2.24) is 4.98 Å². The average molecular weight is 540 g/mol. The van der Waals surface area contributed by atoms with Crippen molar-refractivity contribution in [3.8, 4) is 10.4 Å². The Hall–Kier alpha value is -3.04. The Kier molecular flexibility index (Phi) is 8.44. The van der Waals surface area contributed by atoms with Gasteiger partial charge in [-0.2, -0.15) is 0 Å². The highest BCUT2D eigenvalue weighted by Crippen LogP contribution is 2.40. The van der Waals surface area contributed by atoms with E-state index in [-0.39, 0.29) is 23.8 Å².